The van der Waals surface area contributed by atoms with Gasteiger partial charge in [0.05, 0.1) is 12.4 Å². The van der Waals surface area contributed by atoms with Gasteiger partial charge >= 0.3 is 0 Å². The Hall–Kier alpha value is -1.28. The average Bonchev–Trinajstić information content (AvgIpc) is 2.83. The Labute approximate surface area is 133 Å². The van der Waals surface area contributed by atoms with E-state index >= 15 is 0 Å². The van der Waals surface area contributed by atoms with Crippen molar-refractivity contribution in [2.45, 2.75) is 57.5 Å². The van der Waals surface area contributed by atoms with E-state index < -0.39 is 0 Å². The van der Waals surface area contributed by atoms with E-state index in [1.54, 1.807) is 0 Å². The van der Waals surface area contributed by atoms with Gasteiger partial charge in [-0.2, -0.15) is 0 Å². The summed E-state index contributed by atoms with van der Waals surface area (Å²) in [5.41, 5.74) is 3.17. The molecule has 0 spiro atoms. The van der Waals surface area contributed by atoms with E-state index in [9.17, 15) is 5.11 Å². The monoisotopic (exact) mass is 298 g/mol. The van der Waals surface area contributed by atoms with Crippen molar-refractivity contribution in [3.05, 3.63) is 42.2 Å². The highest BCUT2D eigenvalue weighted by Gasteiger charge is 2.54. The van der Waals surface area contributed by atoms with Gasteiger partial charge in [0.1, 0.15) is 5.75 Å². The van der Waals surface area contributed by atoms with Crippen LogP contribution in [-0.2, 0) is 6.42 Å². The third-order valence-corrected chi connectivity index (χ3v) is 6.87. The molecule has 0 amide bonds. The van der Waals surface area contributed by atoms with Crippen LogP contribution >= 0.6 is 0 Å². The minimum atomic E-state index is -0.0804. The molecule has 3 aliphatic rings. The molecule has 0 aromatic heterocycles. The van der Waals surface area contributed by atoms with E-state index in [0.717, 1.165) is 24.5 Å². The summed E-state index contributed by atoms with van der Waals surface area (Å²) in [4.78, 5) is 0. The van der Waals surface area contributed by atoms with Gasteiger partial charge in [-0.25, -0.2) is 0 Å². The van der Waals surface area contributed by atoms with Gasteiger partial charge in [0.25, 0.3) is 0 Å². The standard InChI is InChI=1S/C20H26O2/c1-3-22-14-5-7-15-13(12-14)4-6-17-16(15)10-11-20(2)18(17)8-9-19(20)21/h3,5,7,12,16-19,21H,1,4,6,8-11H2,2H3/t16-,17-,18+,19-,20+/m1/s1. The van der Waals surface area contributed by atoms with E-state index in [4.69, 9.17) is 4.74 Å². The fraction of sp³-hybridized carbons (Fsp3) is 0.600. The number of aryl methyl sites for hydroxylation is 1. The zero-order valence-electron chi connectivity index (χ0n) is 13.4. The van der Waals surface area contributed by atoms with Crippen molar-refractivity contribution in [2.75, 3.05) is 0 Å². The SMILES string of the molecule is C=COc1ccc2c(c1)CC[C@@H]1[C@@H]2CC[C@]2(C)[C@H](O)CC[C@@H]12. The lowest BCUT2D eigenvalue weighted by atomic mass is 9.55. The zero-order chi connectivity index (χ0) is 15.3. The first-order valence-corrected chi connectivity index (χ1v) is 8.72. The number of aliphatic hydroxyl groups excluding tert-OH is 1. The molecule has 3 aliphatic carbocycles. The molecule has 0 unspecified atom stereocenters. The lowest BCUT2D eigenvalue weighted by Crippen LogP contribution is -2.43. The molecular formula is C20H26O2. The fourth-order valence-electron chi connectivity index (χ4n) is 5.70. The minimum Gasteiger partial charge on any atom is -0.466 e. The van der Waals surface area contributed by atoms with Crippen LogP contribution in [0.4, 0.5) is 0 Å². The summed E-state index contributed by atoms with van der Waals surface area (Å²) in [6.45, 7) is 5.97. The normalized spacial score (nSPS) is 39.5. The number of benzene rings is 1. The second kappa shape index (κ2) is 5.13. The Balaban J connectivity index is 1.66. The Bertz CT molecular complexity index is 593. The summed E-state index contributed by atoms with van der Waals surface area (Å²) in [6.07, 6.45) is 8.45. The van der Waals surface area contributed by atoms with E-state index in [2.05, 4.69) is 31.7 Å². The highest BCUT2D eigenvalue weighted by Crippen LogP contribution is 2.60. The molecule has 4 rings (SSSR count). The molecule has 2 nitrogen and oxygen atoms in total. The Morgan fingerprint density at radius 3 is 2.95 bits per heavy atom. The van der Waals surface area contributed by atoms with Crippen molar-refractivity contribution in [3.63, 3.8) is 0 Å². The molecule has 1 aromatic rings. The Morgan fingerprint density at radius 2 is 2.14 bits per heavy atom. The van der Waals surface area contributed by atoms with Gasteiger partial charge in [0.2, 0.25) is 0 Å². The first-order chi connectivity index (χ1) is 10.6. The number of aliphatic hydroxyl groups is 1. The first kappa shape index (κ1) is 14.3. The smallest absolute Gasteiger partial charge is 0.126 e. The van der Waals surface area contributed by atoms with Gasteiger partial charge in [-0.3, -0.25) is 0 Å². The van der Waals surface area contributed by atoms with E-state index in [0.29, 0.717) is 11.8 Å². The molecule has 0 saturated heterocycles. The molecule has 1 N–H and O–H groups in total. The number of fused-ring (bicyclic) bond motifs is 5. The minimum absolute atomic E-state index is 0.0804. The third kappa shape index (κ3) is 1.96. The van der Waals surface area contributed by atoms with Crippen LogP contribution in [0.3, 0.4) is 0 Å². The molecule has 2 heteroatoms. The van der Waals surface area contributed by atoms with Crippen molar-refractivity contribution in [1.82, 2.24) is 0 Å². The van der Waals surface area contributed by atoms with Crippen LogP contribution in [0.5, 0.6) is 5.75 Å². The van der Waals surface area contributed by atoms with Crippen LogP contribution in [0.25, 0.3) is 0 Å². The van der Waals surface area contributed by atoms with Gasteiger partial charge in [-0.15, -0.1) is 0 Å². The number of rotatable bonds is 2. The van der Waals surface area contributed by atoms with Crippen molar-refractivity contribution < 1.29 is 9.84 Å². The quantitative estimate of drug-likeness (QED) is 0.819. The van der Waals surface area contributed by atoms with Gasteiger partial charge in [-0.1, -0.05) is 19.6 Å². The van der Waals surface area contributed by atoms with Crippen LogP contribution in [0.1, 0.15) is 56.1 Å². The van der Waals surface area contributed by atoms with Crippen LogP contribution in [0, 0.1) is 17.3 Å². The first-order valence-electron chi connectivity index (χ1n) is 8.72. The van der Waals surface area contributed by atoms with Crippen molar-refractivity contribution in [1.29, 1.82) is 0 Å². The number of hydrogen-bond donors (Lipinski definition) is 1. The molecule has 0 aliphatic heterocycles. The maximum atomic E-state index is 10.4. The maximum Gasteiger partial charge on any atom is 0.126 e. The van der Waals surface area contributed by atoms with Crippen molar-refractivity contribution in [2.24, 2.45) is 17.3 Å². The molecule has 0 radical (unpaired) electrons. The van der Waals surface area contributed by atoms with Gasteiger partial charge in [0.15, 0.2) is 0 Å². The maximum absolute atomic E-state index is 10.4. The summed E-state index contributed by atoms with van der Waals surface area (Å²) in [7, 11) is 0. The largest absolute Gasteiger partial charge is 0.466 e. The van der Waals surface area contributed by atoms with Crippen LogP contribution in [0.15, 0.2) is 31.0 Å². The lowest BCUT2D eigenvalue weighted by Gasteiger charge is -2.50. The van der Waals surface area contributed by atoms with Gasteiger partial charge < -0.3 is 9.84 Å². The molecule has 5 atom stereocenters. The van der Waals surface area contributed by atoms with E-state index in [-0.39, 0.29) is 11.5 Å². The van der Waals surface area contributed by atoms with Gasteiger partial charge in [0, 0.05) is 0 Å². The van der Waals surface area contributed by atoms with E-state index in [1.807, 2.05) is 0 Å². The zero-order valence-corrected chi connectivity index (χ0v) is 13.4. The van der Waals surface area contributed by atoms with Crippen molar-refractivity contribution >= 4 is 0 Å². The predicted molar refractivity (Wildman–Crippen MR) is 87.9 cm³/mol. The molecule has 118 valence electrons. The second-order valence-electron chi connectivity index (χ2n) is 7.70. The Kier molecular flexibility index (Phi) is 3.34. The summed E-state index contributed by atoms with van der Waals surface area (Å²) in [6, 6.07) is 6.56. The van der Waals surface area contributed by atoms with Crippen LogP contribution < -0.4 is 4.74 Å². The lowest BCUT2D eigenvalue weighted by molar-refractivity contribution is -0.0226. The molecule has 2 fully saturated rings. The summed E-state index contributed by atoms with van der Waals surface area (Å²) in [5.74, 6) is 3.06. The molecule has 22 heavy (non-hydrogen) atoms. The number of ether oxygens (including phenoxy) is 1. The highest BCUT2D eigenvalue weighted by atomic mass is 16.5. The van der Waals surface area contributed by atoms with Crippen molar-refractivity contribution in [3.8, 4) is 5.75 Å². The highest BCUT2D eigenvalue weighted by molar-refractivity contribution is 5.41. The molecular weight excluding hydrogens is 272 g/mol. The second-order valence-corrected chi connectivity index (χ2v) is 7.70. The van der Waals surface area contributed by atoms with Crippen LogP contribution in [-0.4, -0.2) is 11.2 Å². The topological polar surface area (TPSA) is 29.5 Å². The van der Waals surface area contributed by atoms with E-state index in [1.165, 1.54) is 43.1 Å². The van der Waals surface area contributed by atoms with Gasteiger partial charge in [-0.05, 0) is 85.0 Å². The molecule has 0 bridgehead atoms. The Morgan fingerprint density at radius 1 is 1.27 bits per heavy atom. The fourth-order valence-corrected chi connectivity index (χ4v) is 5.70. The summed E-state index contributed by atoms with van der Waals surface area (Å²) < 4.78 is 5.44. The predicted octanol–water partition coefficient (Wildman–Crippen LogP) is 4.43. The molecule has 1 aromatic carbocycles. The summed E-state index contributed by atoms with van der Waals surface area (Å²) >= 11 is 0. The molecule has 0 heterocycles. The number of hydrogen-bond acceptors (Lipinski definition) is 2. The summed E-state index contributed by atoms with van der Waals surface area (Å²) in [5, 5.41) is 10.4. The van der Waals surface area contributed by atoms with Crippen LogP contribution in [0.2, 0.25) is 0 Å². The molecule has 2 saturated carbocycles. The third-order valence-electron chi connectivity index (χ3n) is 6.87. The average molecular weight is 298 g/mol.